The quantitative estimate of drug-likeness (QED) is 0.728. The van der Waals surface area contributed by atoms with Gasteiger partial charge in [0, 0.05) is 14.1 Å². The molecule has 2 N–H and O–H groups in total. The molecule has 0 heterocycles. The van der Waals surface area contributed by atoms with Crippen LogP contribution < -0.4 is 5.73 Å². The lowest BCUT2D eigenvalue weighted by Crippen LogP contribution is -2.14. The van der Waals surface area contributed by atoms with Crippen molar-refractivity contribution in [1.82, 2.24) is 0 Å². The Balaban J connectivity index is 2.16. The van der Waals surface area contributed by atoms with E-state index in [0.717, 1.165) is 10.9 Å². The van der Waals surface area contributed by atoms with Gasteiger partial charge in [-0.15, -0.1) is 0 Å². The van der Waals surface area contributed by atoms with E-state index in [0.29, 0.717) is 0 Å². The molecular formula is C15H15BrIN. The van der Waals surface area contributed by atoms with Gasteiger partial charge in [0.2, 0.25) is 0 Å². The summed E-state index contributed by atoms with van der Waals surface area (Å²) in [5, 5.41) is 0. The van der Waals surface area contributed by atoms with E-state index in [9.17, 15) is 0 Å². The monoisotopic (exact) mass is 415 g/mol. The minimum atomic E-state index is 0.0278. The highest BCUT2D eigenvalue weighted by Crippen LogP contribution is 2.25. The number of halogens is 2. The van der Waals surface area contributed by atoms with Crippen molar-refractivity contribution < 1.29 is 0 Å². The molecule has 0 bridgehead atoms. The highest BCUT2D eigenvalue weighted by atomic mass is 127. The molecule has 94 valence electrons. The number of hydrogen-bond donors (Lipinski definition) is 1. The van der Waals surface area contributed by atoms with Gasteiger partial charge in [0.1, 0.15) is 0 Å². The van der Waals surface area contributed by atoms with E-state index in [1.165, 1.54) is 20.3 Å². The van der Waals surface area contributed by atoms with Crippen LogP contribution in [0.3, 0.4) is 0 Å². The highest BCUT2D eigenvalue weighted by Gasteiger charge is 2.10. The highest BCUT2D eigenvalue weighted by molar-refractivity contribution is 14.1. The standard InChI is InChI=1S/C15H15BrIN/c1-10-2-7-13(14(16)8-10)15(18)9-11-3-5-12(17)6-4-11/h2-8,15H,9,18H2,1H3. The Morgan fingerprint density at radius 1 is 1.17 bits per heavy atom. The molecule has 0 saturated carbocycles. The van der Waals surface area contributed by atoms with Crippen LogP contribution in [0.5, 0.6) is 0 Å². The van der Waals surface area contributed by atoms with Gasteiger partial charge in [0.25, 0.3) is 0 Å². The fraction of sp³-hybridized carbons (Fsp3) is 0.200. The van der Waals surface area contributed by atoms with Crippen LogP contribution in [0.4, 0.5) is 0 Å². The predicted molar refractivity (Wildman–Crippen MR) is 88.7 cm³/mol. The van der Waals surface area contributed by atoms with Crippen LogP contribution >= 0.6 is 38.5 Å². The summed E-state index contributed by atoms with van der Waals surface area (Å²) < 4.78 is 2.35. The van der Waals surface area contributed by atoms with E-state index in [-0.39, 0.29) is 6.04 Å². The lowest BCUT2D eigenvalue weighted by molar-refractivity contribution is 0.718. The van der Waals surface area contributed by atoms with Crippen LogP contribution in [0.1, 0.15) is 22.7 Å². The number of nitrogens with two attached hydrogens (primary N) is 1. The van der Waals surface area contributed by atoms with Crippen LogP contribution in [0.2, 0.25) is 0 Å². The average Bonchev–Trinajstić information content (AvgIpc) is 2.32. The van der Waals surface area contributed by atoms with Gasteiger partial charge in [-0.05, 0) is 70.8 Å². The second-order valence-electron chi connectivity index (χ2n) is 4.46. The fourth-order valence-corrected chi connectivity index (χ4v) is 3.06. The number of hydrogen-bond acceptors (Lipinski definition) is 1. The van der Waals surface area contributed by atoms with Crippen molar-refractivity contribution in [2.24, 2.45) is 5.73 Å². The van der Waals surface area contributed by atoms with Gasteiger partial charge in [-0.25, -0.2) is 0 Å². The molecule has 0 fully saturated rings. The summed E-state index contributed by atoms with van der Waals surface area (Å²) in [6.45, 7) is 2.08. The minimum Gasteiger partial charge on any atom is -0.324 e. The van der Waals surface area contributed by atoms with Gasteiger partial charge in [-0.2, -0.15) is 0 Å². The maximum atomic E-state index is 6.28. The number of benzene rings is 2. The van der Waals surface area contributed by atoms with E-state index in [2.05, 4.69) is 87.9 Å². The van der Waals surface area contributed by atoms with Crippen molar-refractivity contribution >= 4 is 38.5 Å². The summed E-state index contributed by atoms with van der Waals surface area (Å²) in [7, 11) is 0. The van der Waals surface area contributed by atoms with E-state index < -0.39 is 0 Å². The molecule has 0 saturated heterocycles. The lowest BCUT2D eigenvalue weighted by Gasteiger charge is -2.14. The summed E-state index contributed by atoms with van der Waals surface area (Å²) in [5.41, 5.74) is 9.97. The second-order valence-corrected chi connectivity index (χ2v) is 6.56. The van der Waals surface area contributed by atoms with Gasteiger partial charge >= 0.3 is 0 Å². The molecule has 0 aliphatic carbocycles. The van der Waals surface area contributed by atoms with E-state index >= 15 is 0 Å². The molecule has 2 aromatic carbocycles. The van der Waals surface area contributed by atoms with Gasteiger partial charge in [-0.3, -0.25) is 0 Å². The third kappa shape index (κ3) is 3.56. The molecule has 1 unspecified atom stereocenters. The van der Waals surface area contributed by atoms with Gasteiger partial charge < -0.3 is 5.73 Å². The molecule has 0 aromatic heterocycles. The maximum Gasteiger partial charge on any atom is 0.0347 e. The smallest absolute Gasteiger partial charge is 0.0347 e. The lowest BCUT2D eigenvalue weighted by atomic mass is 9.99. The Morgan fingerprint density at radius 3 is 2.44 bits per heavy atom. The Bertz CT molecular complexity index is 537. The molecule has 0 aliphatic heterocycles. The van der Waals surface area contributed by atoms with Crippen molar-refractivity contribution in [3.05, 3.63) is 67.2 Å². The first-order valence-electron chi connectivity index (χ1n) is 5.82. The Morgan fingerprint density at radius 2 is 1.83 bits per heavy atom. The maximum absolute atomic E-state index is 6.28. The summed E-state index contributed by atoms with van der Waals surface area (Å²) in [4.78, 5) is 0. The van der Waals surface area contributed by atoms with Crippen LogP contribution in [0, 0.1) is 10.5 Å². The molecule has 18 heavy (non-hydrogen) atoms. The fourth-order valence-electron chi connectivity index (χ4n) is 1.92. The van der Waals surface area contributed by atoms with Gasteiger partial charge in [-0.1, -0.05) is 40.2 Å². The summed E-state index contributed by atoms with van der Waals surface area (Å²) >= 11 is 5.90. The third-order valence-corrected chi connectivity index (χ3v) is 4.33. The van der Waals surface area contributed by atoms with Gasteiger partial charge in [0.05, 0.1) is 0 Å². The topological polar surface area (TPSA) is 26.0 Å². The number of aryl methyl sites for hydroxylation is 1. The Kier molecular flexibility index (Phi) is 4.81. The van der Waals surface area contributed by atoms with E-state index in [4.69, 9.17) is 5.73 Å². The molecule has 0 radical (unpaired) electrons. The summed E-state index contributed by atoms with van der Waals surface area (Å²) in [6, 6.07) is 14.9. The first kappa shape index (κ1) is 14.0. The molecule has 0 amide bonds. The van der Waals surface area contributed by atoms with Crippen molar-refractivity contribution in [2.75, 3.05) is 0 Å². The zero-order valence-electron chi connectivity index (χ0n) is 10.2. The minimum absolute atomic E-state index is 0.0278. The summed E-state index contributed by atoms with van der Waals surface area (Å²) in [5.74, 6) is 0. The predicted octanol–water partition coefficient (Wildman–Crippen LogP) is 4.60. The molecule has 0 spiro atoms. The molecule has 2 rings (SSSR count). The normalized spacial score (nSPS) is 12.4. The Hall–Kier alpha value is -0.390. The molecule has 0 aliphatic rings. The largest absolute Gasteiger partial charge is 0.324 e. The van der Waals surface area contributed by atoms with Crippen LogP contribution in [-0.4, -0.2) is 0 Å². The second kappa shape index (κ2) is 6.17. The molecule has 3 heteroatoms. The zero-order chi connectivity index (χ0) is 13.1. The third-order valence-electron chi connectivity index (χ3n) is 2.92. The van der Waals surface area contributed by atoms with Crippen molar-refractivity contribution in [1.29, 1.82) is 0 Å². The van der Waals surface area contributed by atoms with Crippen LogP contribution in [0.15, 0.2) is 46.9 Å². The first-order valence-corrected chi connectivity index (χ1v) is 7.69. The first-order chi connectivity index (χ1) is 8.56. The van der Waals surface area contributed by atoms with Crippen molar-refractivity contribution in [3.63, 3.8) is 0 Å². The van der Waals surface area contributed by atoms with Crippen LogP contribution in [-0.2, 0) is 6.42 Å². The zero-order valence-corrected chi connectivity index (χ0v) is 13.9. The number of rotatable bonds is 3. The van der Waals surface area contributed by atoms with E-state index in [1.807, 2.05) is 0 Å². The molecule has 1 atom stereocenters. The van der Waals surface area contributed by atoms with Crippen molar-refractivity contribution in [2.45, 2.75) is 19.4 Å². The molecular weight excluding hydrogens is 401 g/mol. The molecule has 1 nitrogen and oxygen atoms in total. The molecule has 2 aromatic rings. The summed E-state index contributed by atoms with van der Waals surface area (Å²) in [6.07, 6.45) is 0.860. The van der Waals surface area contributed by atoms with Crippen LogP contribution in [0.25, 0.3) is 0 Å². The SMILES string of the molecule is Cc1ccc(C(N)Cc2ccc(I)cc2)c(Br)c1. The Labute approximate surface area is 130 Å². The van der Waals surface area contributed by atoms with E-state index in [1.54, 1.807) is 0 Å². The van der Waals surface area contributed by atoms with Crippen molar-refractivity contribution in [3.8, 4) is 0 Å². The van der Waals surface area contributed by atoms with Gasteiger partial charge in [0.15, 0.2) is 0 Å². The average molecular weight is 416 g/mol.